The van der Waals surface area contributed by atoms with Crippen LogP contribution in [0.2, 0.25) is 0 Å². The van der Waals surface area contributed by atoms with E-state index in [9.17, 15) is 4.79 Å². The number of hydrogen-bond donors (Lipinski definition) is 1. The van der Waals surface area contributed by atoms with Gasteiger partial charge in [0.2, 0.25) is 0 Å². The molecule has 0 aliphatic carbocycles. The molecule has 2 fully saturated rings. The van der Waals surface area contributed by atoms with Crippen molar-refractivity contribution in [2.45, 2.75) is 43.9 Å². The maximum Gasteiger partial charge on any atom is 0.340 e. The summed E-state index contributed by atoms with van der Waals surface area (Å²) in [5, 5.41) is 0.852. The van der Waals surface area contributed by atoms with Gasteiger partial charge in [-0.3, -0.25) is 0 Å². The molecule has 4 rings (SSSR count). The molecular weight excluding hydrogens is 300 g/mol. The number of ether oxygens (including phenoxy) is 1. The lowest BCUT2D eigenvalue weighted by molar-refractivity contribution is -0.000258. The van der Waals surface area contributed by atoms with Crippen LogP contribution in [0.15, 0.2) is 30.5 Å². The highest BCUT2D eigenvalue weighted by Crippen LogP contribution is 2.35. The van der Waals surface area contributed by atoms with Crippen LogP contribution in [-0.2, 0) is 4.74 Å². The SMILES string of the molecule is Cl.[2H]C([2H])([2H])N1[C@@H]2CC[C@H]1CC(OC(=O)c1c[nH]c3ccccc13)C2. The third kappa shape index (κ3) is 2.50. The van der Waals surface area contributed by atoms with Crippen molar-refractivity contribution in [1.82, 2.24) is 9.88 Å². The summed E-state index contributed by atoms with van der Waals surface area (Å²) in [6, 6.07) is 7.58. The molecule has 2 bridgehead atoms. The van der Waals surface area contributed by atoms with Gasteiger partial charge >= 0.3 is 5.97 Å². The first kappa shape index (κ1) is 12.0. The van der Waals surface area contributed by atoms with Crippen molar-refractivity contribution in [1.29, 1.82) is 0 Å². The summed E-state index contributed by atoms with van der Waals surface area (Å²) in [6.07, 6.45) is 4.40. The second kappa shape index (κ2) is 5.94. The lowest BCUT2D eigenvalue weighted by atomic mass is 10.0. The Labute approximate surface area is 140 Å². The number of rotatable bonds is 2. The maximum atomic E-state index is 12.5. The first-order valence-corrected chi connectivity index (χ1v) is 7.49. The number of carbonyl (C=O) groups is 1. The number of carbonyl (C=O) groups excluding carboxylic acids is 1. The zero-order valence-corrected chi connectivity index (χ0v) is 12.9. The fourth-order valence-corrected chi connectivity index (χ4v) is 3.68. The molecule has 0 amide bonds. The van der Waals surface area contributed by atoms with Crippen molar-refractivity contribution in [3.8, 4) is 0 Å². The molecule has 0 spiro atoms. The fourth-order valence-electron chi connectivity index (χ4n) is 3.68. The van der Waals surface area contributed by atoms with Crippen LogP contribution in [-0.4, -0.2) is 41.0 Å². The summed E-state index contributed by atoms with van der Waals surface area (Å²) in [6.45, 7) is -2.06. The van der Waals surface area contributed by atoms with Gasteiger partial charge in [-0.25, -0.2) is 4.79 Å². The maximum absolute atomic E-state index is 12.5. The van der Waals surface area contributed by atoms with Gasteiger partial charge in [0.25, 0.3) is 0 Å². The Morgan fingerprint density at radius 1 is 1.32 bits per heavy atom. The second-order valence-electron chi connectivity index (χ2n) is 6.04. The first-order valence-electron chi connectivity index (χ1n) is 8.99. The average Bonchev–Trinajstić information content (AvgIpc) is 3.07. The molecule has 118 valence electrons. The Morgan fingerprint density at radius 2 is 2.05 bits per heavy atom. The third-order valence-corrected chi connectivity index (χ3v) is 4.77. The Balaban J connectivity index is 0.00000182. The second-order valence-corrected chi connectivity index (χ2v) is 6.04. The van der Waals surface area contributed by atoms with E-state index in [1.54, 1.807) is 11.1 Å². The normalized spacial score (nSPS) is 30.2. The summed E-state index contributed by atoms with van der Waals surface area (Å²) in [5.41, 5.74) is 1.44. The number of para-hydroxylation sites is 1. The zero-order valence-electron chi connectivity index (χ0n) is 15.1. The van der Waals surface area contributed by atoms with E-state index < -0.39 is 6.98 Å². The number of H-pyrrole nitrogens is 1. The Hall–Kier alpha value is -1.52. The number of nitrogens with zero attached hydrogens (tertiary/aromatic N) is 1. The molecule has 1 aromatic heterocycles. The van der Waals surface area contributed by atoms with Gasteiger partial charge in [-0.05, 0) is 25.9 Å². The molecule has 3 atom stereocenters. The van der Waals surface area contributed by atoms with E-state index in [-0.39, 0.29) is 36.6 Å². The van der Waals surface area contributed by atoms with Crippen molar-refractivity contribution in [2.75, 3.05) is 6.98 Å². The van der Waals surface area contributed by atoms with Crippen LogP contribution in [0.25, 0.3) is 10.9 Å². The molecule has 1 unspecified atom stereocenters. The quantitative estimate of drug-likeness (QED) is 0.862. The average molecular weight is 324 g/mol. The summed E-state index contributed by atoms with van der Waals surface area (Å²) in [4.78, 5) is 17.3. The number of benzene rings is 1. The number of halogens is 1. The molecular formula is C17H21ClN2O2. The van der Waals surface area contributed by atoms with Crippen LogP contribution < -0.4 is 0 Å². The number of hydrogen-bond acceptors (Lipinski definition) is 3. The van der Waals surface area contributed by atoms with Crippen LogP contribution in [0.4, 0.5) is 0 Å². The first-order chi connectivity index (χ1) is 11.4. The van der Waals surface area contributed by atoms with Crippen LogP contribution in [0.5, 0.6) is 0 Å². The predicted octanol–water partition coefficient (Wildman–Crippen LogP) is 3.37. The Bertz CT molecular complexity index is 763. The van der Waals surface area contributed by atoms with Crippen LogP contribution in [0.1, 0.15) is 40.2 Å². The van der Waals surface area contributed by atoms with Crippen molar-refractivity contribution in [2.24, 2.45) is 0 Å². The molecule has 0 saturated carbocycles. The van der Waals surface area contributed by atoms with Crippen LogP contribution in [0.3, 0.4) is 0 Å². The molecule has 0 radical (unpaired) electrons. The van der Waals surface area contributed by atoms with Gasteiger partial charge in [0.15, 0.2) is 0 Å². The summed E-state index contributed by atoms with van der Waals surface area (Å²) in [5.74, 6) is -0.334. The molecule has 2 aliphatic heterocycles. The third-order valence-electron chi connectivity index (χ3n) is 4.77. The topological polar surface area (TPSA) is 45.3 Å². The van der Waals surface area contributed by atoms with Crippen molar-refractivity contribution < 1.29 is 13.6 Å². The van der Waals surface area contributed by atoms with E-state index in [2.05, 4.69) is 4.98 Å². The standard InChI is InChI=1S/C17H20N2O2.ClH/c1-19-11-6-7-12(19)9-13(8-11)21-17(20)15-10-18-16-5-3-2-4-14(15)16;/h2-5,10-13,18H,6-9H2,1H3;1H/t11-,12+,13?;/i1D3;. The van der Waals surface area contributed by atoms with E-state index in [4.69, 9.17) is 8.85 Å². The van der Waals surface area contributed by atoms with E-state index in [0.29, 0.717) is 18.4 Å². The molecule has 1 aromatic carbocycles. The number of esters is 1. The van der Waals surface area contributed by atoms with Crippen LogP contribution >= 0.6 is 12.4 Å². The molecule has 2 aromatic rings. The Kier molecular flexibility index (Phi) is 3.23. The lowest BCUT2D eigenvalue weighted by Crippen LogP contribution is -2.43. The lowest BCUT2D eigenvalue weighted by Gasteiger charge is -2.35. The van der Waals surface area contributed by atoms with E-state index in [1.165, 1.54) is 0 Å². The van der Waals surface area contributed by atoms with Gasteiger partial charge in [-0.2, -0.15) is 0 Å². The molecule has 1 N–H and O–H groups in total. The van der Waals surface area contributed by atoms with Gasteiger partial charge in [-0.1, -0.05) is 18.2 Å². The van der Waals surface area contributed by atoms with E-state index in [0.717, 1.165) is 23.7 Å². The molecule has 2 aliphatic rings. The summed E-state index contributed by atoms with van der Waals surface area (Å²) >= 11 is 0. The zero-order chi connectivity index (χ0) is 16.9. The minimum absolute atomic E-state index is 0. The number of nitrogens with one attached hydrogen (secondary N) is 1. The molecule has 5 heteroatoms. The van der Waals surface area contributed by atoms with Crippen molar-refractivity contribution >= 4 is 29.3 Å². The van der Waals surface area contributed by atoms with Gasteiger partial charge in [0.1, 0.15) is 6.10 Å². The van der Waals surface area contributed by atoms with Gasteiger partial charge in [-0.15, -0.1) is 12.4 Å². The van der Waals surface area contributed by atoms with E-state index >= 15 is 0 Å². The van der Waals surface area contributed by atoms with E-state index in [1.807, 2.05) is 24.3 Å². The smallest absolute Gasteiger partial charge is 0.340 e. The summed E-state index contributed by atoms with van der Waals surface area (Å²) < 4.78 is 28.8. The van der Waals surface area contributed by atoms with Crippen molar-refractivity contribution in [3.05, 3.63) is 36.0 Å². The predicted molar refractivity (Wildman–Crippen MR) is 88.6 cm³/mol. The van der Waals surface area contributed by atoms with Gasteiger partial charge in [0.05, 0.1) is 5.56 Å². The number of piperidine rings is 1. The molecule has 3 heterocycles. The Morgan fingerprint density at radius 3 is 2.77 bits per heavy atom. The van der Waals surface area contributed by atoms with Gasteiger partial charge in [0, 0.05) is 46.1 Å². The highest BCUT2D eigenvalue weighted by molar-refractivity contribution is 6.04. The number of aromatic amines is 1. The minimum Gasteiger partial charge on any atom is -0.459 e. The fraction of sp³-hybridized carbons (Fsp3) is 0.471. The molecule has 4 nitrogen and oxygen atoms in total. The molecule has 22 heavy (non-hydrogen) atoms. The number of fused-ring (bicyclic) bond motifs is 3. The number of aromatic nitrogens is 1. The largest absolute Gasteiger partial charge is 0.459 e. The minimum atomic E-state index is -2.06. The monoisotopic (exact) mass is 323 g/mol. The van der Waals surface area contributed by atoms with Crippen LogP contribution in [0, 0.1) is 0 Å². The molecule has 2 saturated heterocycles. The highest BCUT2D eigenvalue weighted by atomic mass is 35.5. The highest BCUT2D eigenvalue weighted by Gasteiger charge is 2.40. The summed E-state index contributed by atoms with van der Waals surface area (Å²) in [7, 11) is 0. The van der Waals surface area contributed by atoms with Crippen molar-refractivity contribution in [3.63, 3.8) is 0 Å². The van der Waals surface area contributed by atoms with Gasteiger partial charge < -0.3 is 14.6 Å².